The summed E-state index contributed by atoms with van der Waals surface area (Å²) in [6, 6.07) is 15.9. The Labute approximate surface area is 154 Å². The van der Waals surface area contributed by atoms with Gasteiger partial charge >= 0.3 is 0 Å². The number of carbonyl (C=O) groups is 1. The second-order valence-electron chi connectivity index (χ2n) is 6.09. The van der Waals surface area contributed by atoms with Crippen LogP contribution in [0.5, 0.6) is 0 Å². The molecule has 0 aliphatic heterocycles. The first-order chi connectivity index (χ1) is 11.9. The Hall–Kier alpha value is -2.66. The Morgan fingerprint density at radius 3 is 2.44 bits per heavy atom. The molecule has 0 aliphatic rings. The highest BCUT2D eigenvalue weighted by molar-refractivity contribution is 7.80. The first-order valence-electron chi connectivity index (χ1n) is 8.16. The van der Waals surface area contributed by atoms with Crippen LogP contribution in [0.25, 0.3) is 6.08 Å². The molecule has 25 heavy (non-hydrogen) atoms. The molecule has 2 aromatic carbocycles. The number of carbonyl (C=O) groups excluding carboxylic acids is 1. The summed E-state index contributed by atoms with van der Waals surface area (Å²) in [6.07, 6.45) is 3.22. The van der Waals surface area contributed by atoms with Crippen molar-refractivity contribution in [3.05, 3.63) is 71.3 Å². The third kappa shape index (κ3) is 6.39. The molecule has 0 bridgehead atoms. The van der Waals surface area contributed by atoms with Crippen LogP contribution in [-0.2, 0) is 4.79 Å². The van der Waals surface area contributed by atoms with Gasteiger partial charge < -0.3 is 5.32 Å². The Balaban J connectivity index is 1.80. The maximum absolute atomic E-state index is 11.8. The lowest BCUT2D eigenvalue weighted by Gasteiger charge is -2.11. The minimum atomic E-state index is -0.277. The van der Waals surface area contributed by atoms with Gasteiger partial charge in [-0.2, -0.15) is 0 Å². The number of hydrogen-bond acceptors (Lipinski definition) is 2. The largest absolute Gasteiger partial charge is 0.331 e. The summed E-state index contributed by atoms with van der Waals surface area (Å²) in [7, 11) is 0. The quantitative estimate of drug-likeness (QED) is 0.439. The summed E-state index contributed by atoms with van der Waals surface area (Å²) in [4.78, 5) is 11.8. The van der Waals surface area contributed by atoms with Crippen LogP contribution in [0.3, 0.4) is 0 Å². The predicted octanol–water partition coefficient (Wildman–Crippen LogP) is 4.15. The summed E-state index contributed by atoms with van der Waals surface area (Å²) in [5, 5.41) is 3.35. The Morgan fingerprint density at radius 1 is 1.08 bits per heavy atom. The summed E-state index contributed by atoms with van der Waals surface area (Å²) < 4.78 is 0. The zero-order valence-corrected chi connectivity index (χ0v) is 15.5. The van der Waals surface area contributed by atoms with E-state index in [1.807, 2.05) is 43.3 Å². The third-order valence-corrected chi connectivity index (χ3v) is 3.81. The number of aryl methyl sites for hydroxylation is 1. The number of thiocarbonyl (C=S) groups is 1. The van der Waals surface area contributed by atoms with E-state index in [4.69, 9.17) is 12.2 Å². The van der Waals surface area contributed by atoms with Crippen LogP contribution in [0.1, 0.15) is 36.5 Å². The van der Waals surface area contributed by atoms with E-state index >= 15 is 0 Å². The lowest BCUT2D eigenvalue weighted by atomic mass is 10.0. The number of rotatable bonds is 4. The van der Waals surface area contributed by atoms with Crippen LogP contribution in [0.2, 0.25) is 0 Å². The maximum atomic E-state index is 11.8. The summed E-state index contributed by atoms with van der Waals surface area (Å²) in [5.41, 5.74) is 9.47. The number of amides is 1. The fourth-order valence-corrected chi connectivity index (χ4v) is 2.39. The van der Waals surface area contributed by atoms with E-state index in [1.54, 1.807) is 6.08 Å². The van der Waals surface area contributed by atoms with E-state index in [1.165, 1.54) is 11.6 Å². The number of hydrazine groups is 1. The Bertz CT molecular complexity index is 767. The average molecular weight is 353 g/mol. The average Bonchev–Trinajstić information content (AvgIpc) is 2.58. The SMILES string of the molecule is Cc1cccc(/C=C/C(=O)NNC(=S)Nc2ccc(C(C)C)cc2)c1. The summed E-state index contributed by atoms with van der Waals surface area (Å²) in [5.74, 6) is 0.208. The third-order valence-electron chi connectivity index (χ3n) is 3.60. The summed E-state index contributed by atoms with van der Waals surface area (Å²) in [6.45, 7) is 6.31. The second kappa shape index (κ2) is 8.99. The smallest absolute Gasteiger partial charge is 0.262 e. The van der Waals surface area contributed by atoms with Gasteiger partial charge in [0.2, 0.25) is 0 Å². The topological polar surface area (TPSA) is 53.2 Å². The van der Waals surface area contributed by atoms with Gasteiger partial charge in [-0.25, -0.2) is 0 Å². The molecule has 0 spiro atoms. The number of nitrogens with one attached hydrogen (secondary N) is 3. The molecule has 2 aromatic rings. The molecule has 130 valence electrons. The van der Waals surface area contributed by atoms with Crippen LogP contribution in [0, 0.1) is 6.92 Å². The van der Waals surface area contributed by atoms with E-state index in [9.17, 15) is 4.79 Å². The lowest BCUT2D eigenvalue weighted by molar-refractivity contribution is -0.116. The molecule has 0 aromatic heterocycles. The summed E-state index contributed by atoms with van der Waals surface area (Å²) >= 11 is 5.17. The molecule has 5 heteroatoms. The maximum Gasteiger partial charge on any atom is 0.262 e. The van der Waals surface area contributed by atoms with Gasteiger partial charge in [0.05, 0.1) is 0 Å². The normalized spacial score (nSPS) is 10.7. The van der Waals surface area contributed by atoms with Gasteiger partial charge in [-0.05, 0) is 54.4 Å². The fourth-order valence-electron chi connectivity index (χ4n) is 2.22. The van der Waals surface area contributed by atoms with Gasteiger partial charge in [-0.3, -0.25) is 15.6 Å². The molecule has 4 nitrogen and oxygen atoms in total. The van der Waals surface area contributed by atoms with Crippen LogP contribution in [0.4, 0.5) is 5.69 Å². The van der Waals surface area contributed by atoms with Gasteiger partial charge in [-0.1, -0.05) is 55.8 Å². The van der Waals surface area contributed by atoms with Crippen molar-refractivity contribution in [1.82, 2.24) is 10.9 Å². The predicted molar refractivity (Wildman–Crippen MR) is 108 cm³/mol. The van der Waals surface area contributed by atoms with Crippen molar-refractivity contribution < 1.29 is 4.79 Å². The first-order valence-corrected chi connectivity index (χ1v) is 8.56. The van der Waals surface area contributed by atoms with Gasteiger partial charge in [0, 0.05) is 11.8 Å². The van der Waals surface area contributed by atoms with Crippen molar-refractivity contribution in [2.24, 2.45) is 0 Å². The highest BCUT2D eigenvalue weighted by Crippen LogP contribution is 2.16. The van der Waals surface area contributed by atoms with Crippen molar-refractivity contribution in [3.63, 3.8) is 0 Å². The molecule has 0 radical (unpaired) electrons. The van der Waals surface area contributed by atoms with E-state index < -0.39 is 0 Å². The van der Waals surface area contributed by atoms with Gasteiger partial charge in [0.15, 0.2) is 5.11 Å². The highest BCUT2D eigenvalue weighted by atomic mass is 32.1. The molecule has 3 N–H and O–H groups in total. The first kappa shape index (κ1) is 18.7. The molecule has 0 aliphatic carbocycles. The zero-order chi connectivity index (χ0) is 18.2. The van der Waals surface area contributed by atoms with E-state index in [-0.39, 0.29) is 5.91 Å². The second-order valence-corrected chi connectivity index (χ2v) is 6.50. The molecule has 0 saturated heterocycles. The molecule has 0 fully saturated rings. The number of benzene rings is 2. The van der Waals surface area contributed by atoms with E-state index in [2.05, 4.69) is 42.1 Å². The van der Waals surface area contributed by atoms with Crippen LogP contribution in [-0.4, -0.2) is 11.0 Å². The minimum Gasteiger partial charge on any atom is -0.331 e. The van der Waals surface area contributed by atoms with Crippen molar-refractivity contribution in [2.75, 3.05) is 5.32 Å². The zero-order valence-electron chi connectivity index (χ0n) is 14.7. The highest BCUT2D eigenvalue weighted by Gasteiger charge is 2.01. The number of hydrogen-bond donors (Lipinski definition) is 3. The molecule has 0 heterocycles. The van der Waals surface area contributed by atoms with Gasteiger partial charge in [0.25, 0.3) is 5.91 Å². The Kier molecular flexibility index (Phi) is 6.71. The van der Waals surface area contributed by atoms with Gasteiger partial charge in [-0.15, -0.1) is 0 Å². The lowest BCUT2D eigenvalue weighted by Crippen LogP contribution is -2.43. The van der Waals surface area contributed by atoms with Crippen LogP contribution >= 0.6 is 12.2 Å². The van der Waals surface area contributed by atoms with E-state index in [0.29, 0.717) is 11.0 Å². The molecule has 0 saturated carbocycles. The molecule has 0 atom stereocenters. The fraction of sp³-hybridized carbons (Fsp3) is 0.200. The van der Waals surface area contributed by atoms with Crippen molar-refractivity contribution in [2.45, 2.75) is 26.7 Å². The standard InChI is InChI=1S/C20H23N3OS/c1-14(2)17-8-10-18(11-9-17)21-20(25)23-22-19(24)12-7-16-6-4-5-15(3)13-16/h4-14H,1-3H3,(H,22,24)(H2,21,23,25)/b12-7+. The monoisotopic (exact) mass is 353 g/mol. The Morgan fingerprint density at radius 2 is 1.80 bits per heavy atom. The molecule has 2 rings (SSSR count). The van der Waals surface area contributed by atoms with Gasteiger partial charge in [0.1, 0.15) is 0 Å². The van der Waals surface area contributed by atoms with Crippen molar-refractivity contribution in [1.29, 1.82) is 0 Å². The molecule has 1 amide bonds. The molecule has 0 unspecified atom stereocenters. The van der Waals surface area contributed by atoms with Crippen molar-refractivity contribution >= 4 is 35.0 Å². The minimum absolute atomic E-state index is 0.277. The molecular weight excluding hydrogens is 330 g/mol. The molecular formula is C20H23N3OS. The van der Waals surface area contributed by atoms with Crippen LogP contribution in [0.15, 0.2) is 54.6 Å². The number of anilines is 1. The van der Waals surface area contributed by atoms with Crippen LogP contribution < -0.4 is 16.2 Å². The van der Waals surface area contributed by atoms with Crippen molar-refractivity contribution in [3.8, 4) is 0 Å². The van der Waals surface area contributed by atoms with E-state index in [0.717, 1.165) is 16.8 Å².